The molecular weight excluding hydrogens is 152 g/mol. The van der Waals surface area contributed by atoms with Crippen LogP contribution < -0.4 is 5.73 Å². The molecule has 1 aromatic rings. The van der Waals surface area contributed by atoms with Crippen LogP contribution in [0.5, 0.6) is 0 Å². The molecule has 1 heterocycles. The second-order valence-corrected chi connectivity index (χ2v) is 2.90. The van der Waals surface area contributed by atoms with E-state index in [1.165, 1.54) is 0 Å². The van der Waals surface area contributed by atoms with E-state index in [-0.39, 0.29) is 6.04 Å². The topological polar surface area (TPSA) is 56.7 Å². The molecule has 12 heavy (non-hydrogen) atoms. The Kier molecular flexibility index (Phi) is 3.22. The number of nitrogens with two attached hydrogens (primary N) is 1. The molecule has 4 heteroatoms. The predicted molar refractivity (Wildman–Crippen MR) is 47.5 cm³/mol. The lowest BCUT2D eigenvalue weighted by Crippen LogP contribution is -2.15. The third-order valence-corrected chi connectivity index (χ3v) is 1.88. The van der Waals surface area contributed by atoms with E-state index in [1.54, 1.807) is 6.33 Å². The standard InChI is InChI=1S/C8H16N4/c1-3-5-12-6-10-11-8(12)7(9)4-2/h6-7H,3-5,9H2,1-2H3/t7-/m1/s1. The fourth-order valence-electron chi connectivity index (χ4n) is 1.15. The van der Waals surface area contributed by atoms with Crippen LogP contribution in [0.15, 0.2) is 6.33 Å². The number of aryl methyl sites for hydroxylation is 1. The van der Waals surface area contributed by atoms with Crippen LogP contribution in [-0.2, 0) is 6.54 Å². The summed E-state index contributed by atoms with van der Waals surface area (Å²) < 4.78 is 2.02. The Bertz CT molecular complexity index is 231. The minimum atomic E-state index is 0.0269. The van der Waals surface area contributed by atoms with Crippen molar-refractivity contribution in [2.24, 2.45) is 5.73 Å². The molecule has 0 saturated carbocycles. The van der Waals surface area contributed by atoms with Gasteiger partial charge in [0.25, 0.3) is 0 Å². The zero-order valence-electron chi connectivity index (χ0n) is 7.70. The Labute approximate surface area is 72.8 Å². The van der Waals surface area contributed by atoms with E-state index in [4.69, 9.17) is 5.73 Å². The minimum absolute atomic E-state index is 0.0269. The molecule has 0 radical (unpaired) electrons. The molecule has 1 aromatic heterocycles. The van der Waals surface area contributed by atoms with Crippen LogP contribution in [0.4, 0.5) is 0 Å². The van der Waals surface area contributed by atoms with E-state index in [9.17, 15) is 0 Å². The molecule has 1 rings (SSSR count). The highest BCUT2D eigenvalue weighted by atomic mass is 15.3. The fourth-order valence-corrected chi connectivity index (χ4v) is 1.15. The molecule has 1 atom stereocenters. The third-order valence-electron chi connectivity index (χ3n) is 1.88. The molecule has 68 valence electrons. The van der Waals surface area contributed by atoms with Crippen molar-refractivity contribution in [3.63, 3.8) is 0 Å². The molecule has 0 fully saturated rings. The number of hydrogen-bond donors (Lipinski definition) is 1. The highest BCUT2D eigenvalue weighted by Crippen LogP contribution is 2.09. The van der Waals surface area contributed by atoms with Gasteiger partial charge in [0.2, 0.25) is 0 Å². The van der Waals surface area contributed by atoms with Crippen molar-refractivity contribution in [3.05, 3.63) is 12.2 Å². The van der Waals surface area contributed by atoms with Crippen molar-refractivity contribution >= 4 is 0 Å². The summed E-state index contributed by atoms with van der Waals surface area (Å²) in [6.45, 7) is 5.13. The summed E-state index contributed by atoms with van der Waals surface area (Å²) in [5, 5.41) is 7.84. The van der Waals surface area contributed by atoms with Crippen molar-refractivity contribution in [3.8, 4) is 0 Å². The van der Waals surface area contributed by atoms with E-state index in [0.29, 0.717) is 0 Å². The van der Waals surface area contributed by atoms with Crippen molar-refractivity contribution in [2.75, 3.05) is 0 Å². The first-order valence-electron chi connectivity index (χ1n) is 4.42. The van der Waals surface area contributed by atoms with Crippen LogP contribution in [0, 0.1) is 0 Å². The molecule has 2 N–H and O–H groups in total. The summed E-state index contributed by atoms with van der Waals surface area (Å²) in [5.41, 5.74) is 5.85. The lowest BCUT2D eigenvalue weighted by Gasteiger charge is -2.09. The summed E-state index contributed by atoms with van der Waals surface area (Å²) in [6.07, 6.45) is 3.73. The van der Waals surface area contributed by atoms with Gasteiger partial charge in [0.15, 0.2) is 0 Å². The number of rotatable bonds is 4. The van der Waals surface area contributed by atoms with Gasteiger partial charge in [-0.05, 0) is 12.8 Å². The number of aromatic nitrogens is 3. The van der Waals surface area contributed by atoms with Gasteiger partial charge in [-0.3, -0.25) is 0 Å². The second kappa shape index (κ2) is 4.21. The molecule has 0 saturated heterocycles. The van der Waals surface area contributed by atoms with Gasteiger partial charge in [-0.15, -0.1) is 10.2 Å². The summed E-state index contributed by atoms with van der Waals surface area (Å²) in [7, 11) is 0. The van der Waals surface area contributed by atoms with Crippen LogP contribution in [0.1, 0.15) is 38.6 Å². The van der Waals surface area contributed by atoms with E-state index in [2.05, 4.69) is 24.0 Å². The van der Waals surface area contributed by atoms with Crippen LogP contribution in [0.2, 0.25) is 0 Å². The Morgan fingerprint density at radius 1 is 1.58 bits per heavy atom. The predicted octanol–water partition coefficient (Wildman–Crippen LogP) is 1.10. The monoisotopic (exact) mass is 168 g/mol. The van der Waals surface area contributed by atoms with Crippen molar-refractivity contribution in [1.82, 2.24) is 14.8 Å². The van der Waals surface area contributed by atoms with Gasteiger partial charge in [0.05, 0.1) is 6.04 Å². The lowest BCUT2D eigenvalue weighted by molar-refractivity contribution is 0.566. The largest absolute Gasteiger partial charge is 0.321 e. The highest BCUT2D eigenvalue weighted by molar-refractivity contribution is 4.92. The van der Waals surface area contributed by atoms with Gasteiger partial charge >= 0.3 is 0 Å². The third kappa shape index (κ3) is 1.82. The molecule has 0 amide bonds. The Balaban J connectivity index is 2.76. The van der Waals surface area contributed by atoms with Gasteiger partial charge in [0.1, 0.15) is 12.2 Å². The second-order valence-electron chi connectivity index (χ2n) is 2.90. The van der Waals surface area contributed by atoms with Gasteiger partial charge in [-0.25, -0.2) is 0 Å². The van der Waals surface area contributed by atoms with Crippen LogP contribution in [0.25, 0.3) is 0 Å². The maximum absolute atomic E-state index is 5.85. The van der Waals surface area contributed by atoms with Gasteiger partial charge in [-0.2, -0.15) is 0 Å². The molecule has 0 aliphatic carbocycles. The molecule has 0 unspecified atom stereocenters. The molecule has 0 bridgehead atoms. The quantitative estimate of drug-likeness (QED) is 0.732. The van der Waals surface area contributed by atoms with E-state index in [0.717, 1.165) is 25.2 Å². The van der Waals surface area contributed by atoms with Crippen molar-refractivity contribution < 1.29 is 0 Å². The van der Waals surface area contributed by atoms with Crippen LogP contribution >= 0.6 is 0 Å². The number of hydrogen-bond acceptors (Lipinski definition) is 3. The SMILES string of the molecule is CCCn1cnnc1[C@H](N)CC. The fraction of sp³-hybridized carbons (Fsp3) is 0.750. The van der Waals surface area contributed by atoms with Crippen molar-refractivity contribution in [2.45, 2.75) is 39.3 Å². The van der Waals surface area contributed by atoms with Crippen LogP contribution in [0.3, 0.4) is 0 Å². The van der Waals surface area contributed by atoms with Gasteiger partial charge < -0.3 is 10.3 Å². The van der Waals surface area contributed by atoms with E-state index >= 15 is 0 Å². The first-order chi connectivity index (χ1) is 5.79. The molecule has 0 aliphatic rings. The average molecular weight is 168 g/mol. The summed E-state index contributed by atoms with van der Waals surface area (Å²) in [4.78, 5) is 0. The van der Waals surface area contributed by atoms with E-state index < -0.39 is 0 Å². The van der Waals surface area contributed by atoms with Crippen molar-refractivity contribution in [1.29, 1.82) is 0 Å². The minimum Gasteiger partial charge on any atom is -0.321 e. The first-order valence-corrected chi connectivity index (χ1v) is 4.42. The smallest absolute Gasteiger partial charge is 0.149 e. The van der Waals surface area contributed by atoms with Gasteiger partial charge in [0, 0.05) is 6.54 Å². The lowest BCUT2D eigenvalue weighted by atomic mass is 10.2. The first kappa shape index (κ1) is 9.19. The molecule has 0 aliphatic heterocycles. The average Bonchev–Trinajstić information content (AvgIpc) is 2.52. The Morgan fingerprint density at radius 3 is 2.92 bits per heavy atom. The zero-order valence-corrected chi connectivity index (χ0v) is 7.70. The normalized spacial score (nSPS) is 13.2. The van der Waals surface area contributed by atoms with Crippen LogP contribution in [-0.4, -0.2) is 14.8 Å². The molecule has 4 nitrogen and oxygen atoms in total. The molecule has 0 spiro atoms. The Hall–Kier alpha value is -0.900. The summed E-state index contributed by atoms with van der Waals surface area (Å²) in [6, 6.07) is 0.0269. The molecule has 0 aromatic carbocycles. The summed E-state index contributed by atoms with van der Waals surface area (Å²) >= 11 is 0. The Morgan fingerprint density at radius 2 is 2.33 bits per heavy atom. The maximum Gasteiger partial charge on any atom is 0.149 e. The number of nitrogens with zero attached hydrogens (tertiary/aromatic N) is 3. The van der Waals surface area contributed by atoms with Gasteiger partial charge in [-0.1, -0.05) is 13.8 Å². The molecular formula is C8H16N4. The zero-order chi connectivity index (χ0) is 8.97. The summed E-state index contributed by atoms with van der Waals surface area (Å²) in [5.74, 6) is 0.902. The highest BCUT2D eigenvalue weighted by Gasteiger charge is 2.10. The van der Waals surface area contributed by atoms with E-state index in [1.807, 2.05) is 4.57 Å². The maximum atomic E-state index is 5.85.